The van der Waals surface area contributed by atoms with Crippen LogP contribution in [-0.4, -0.2) is 22.5 Å². The van der Waals surface area contributed by atoms with E-state index in [0.29, 0.717) is 0 Å². The molecule has 68 valence electrons. The lowest BCUT2D eigenvalue weighted by atomic mass is 10.5. The van der Waals surface area contributed by atoms with Gasteiger partial charge in [0.25, 0.3) is 5.91 Å². The molecule has 0 aliphatic carbocycles. The van der Waals surface area contributed by atoms with Crippen molar-refractivity contribution in [3.63, 3.8) is 0 Å². The van der Waals surface area contributed by atoms with E-state index in [1.54, 1.807) is 0 Å². The summed E-state index contributed by atoms with van der Waals surface area (Å²) in [5.41, 5.74) is 1.67. The number of H-pyrrole nitrogens is 2. The van der Waals surface area contributed by atoms with Crippen LogP contribution in [0.5, 0.6) is 0 Å². The summed E-state index contributed by atoms with van der Waals surface area (Å²) in [5, 5.41) is 0. The Bertz CT molecular complexity index is 384. The van der Waals surface area contributed by atoms with Gasteiger partial charge in [-0.25, -0.2) is 10.3 Å². The number of imidazole rings is 1. The van der Waals surface area contributed by atoms with Crippen molar-refractivity contribution in [2.24, 2.45) is 0 Å². The summed E-state index contributed by atoms with van der Waals surface area (Å²) < 4.78 is 0. The van der Waals surface area contributed by atoms with Crippen LogP contribution in [0.1, 0.15) is 10.5 Å². The summed E-state index contributed by atoms with van der Waals surface area (Å²) in [6, 6.07) is 0. The van der Waals surface area contributed by atoms with Gasteiger partial charge in [-0.05, 0) is 0 Å². The second kappa shape index (κ2) is 4.13. The molecule has 0 radical (unpaired) electrons. The Kier molecular flexibility index (Phi) is 2.89. The molecule has 0 aliphatic heterocycles. The van der Waals surface area contributed by atoms with Crippen LogP contribution in [0.15, 0.2) is 11.0 Å². The Morgan fingerprint density at radius 2 is 2.54 bits per heavy atom. The molecule has 1 heterocycles. The van der Waals surface area contributed by atoms with Crippen LogP contribution < -0.4 is 11.2 Å². The van der Waals surface area contributed by atoms with Gasteiger partial charge in [0.1, 0.15) is 12.3 Å². The van der Waals surface area contributed by atoms with E-state index >= 15 is 0 Å². The Balaban J connectivity index is 2.50. The van der Waals surface area contributed by atoms with Gasteiger partial charge in [0.15, 0.2) is 0 Å². The van der Waals surface area contributed by atoms with Gasteiger partial charge in [0, 0.05) is 6.20 Å². The number of rotatable bonds is 3. The number of hydroxylamine groups is 1. The molecule has 1 rings (SSSR count). The third-order valence-electron chi connectivity index (χ3n) is 1.16. The van der Waals surface area contributed by atoms with Crippen molar-refractivity contribution in [3.05, 3.63) is 22.4 Å². The molecule has 13 heavy (non-hydrogen) atoms. The molecule has 6 nitrogen and oxygen atoms in total. The standard InChI is InChI=1S/C7H7N3O3/c1-2-3-13-10-6(11)5-4-8-7(12)9-5/h1,4H,3H2,(H,10,11)(H2,8,9,12). The van der Waals surface area contributed by atoms with Gasteiger partial charge in [0.05, 0.1) is 0 Å². The first kappa shape index (κ1) is 9.09. The van der Waals surface area contributed by atoms with Crippen LogP contribution in [0, 0.1) is 12.3 Å². The maximum absolute atomic E-state index is 11.0. The summed E-state index contributed by atoms with van der Waals surface area (Å²) in [5.74, 6) is 1.60. The van der Waals surface area contributed by atoms with E-state index in [4.69, 9.17) is 6.42 Å². The molecule has 1 aromatic rings. The van der Waals surface area contributed by atoms with E-state index in [-0.39, 0.29) is 12.3 Å². The molecule has 1 amide bonds. The number of nitrogens with one attached hydrogen (secondary N) is 3. The van der Waals surface area contributed by atoms with Gasteiger partial charge in [-0.3, -0.25) is 9.63 Å². The second-order valence-corrected chi connectivity index (χ2v) is 2.08. The summed E-state index contributed by atoms with van der Waals surface area (Å²) in [7, 11) is 0. The van der Waals surface area contributed by atoms with E-state index in [0.717, 1.165) is 0 Å². The smallest absolute Gasteiger partial charge is 0.312 e. The molecular weight excluding hydrogens is 174 g/mol. The SMILES string of the molecule is C#CCONC(=O)c1c[nH]c(=O)[nH]1. The maximum Gasteiger partial charge on any atom is 0.323 e. The summed E-state index contributed by atoms with van der Waals surface area (Å²) in [6.45, 7) is -0.0274. The molecule has 1 aromatic heterocycles. The van der Waals surface area contributed by atoms with E-state index in [1.807, 2.05) is 5.48 Å². The minimum Gasteiger partial charge on any atom is -0.312 e. The van der Waals surface area contributed by atoms with Crippen molar-refractivity contribution in [2.45, 2.75) is 0 Å². The zero-order valence-corrected chi connectivity index (χ0v) is 6.59. The topological polar surface area (TPSA) is 87.0 Å². The van der Waals surface area contributed by atoms with Crippen LogP contribution in [0.2, 0.25) is 0 Å². The number of terminal acetylenes is 1. The molecule has 3 N–H and O–H groups in total. The van der Waals surface area contributed by atoms with Crippen molar-refractivity contribution < 1.29 is 9.63 Å². The number of carbonyl (C=O) groups is 1. The third-order valence-corrected chi connectivity index (χ3v) is 1.16. The monoisotopic (exact) mass is 181 g/mol. The number of carbonyl (C=O) groups excluding carboxylic acids is 1. The van der Waals surface area contributed by atoms with Crippen LogP contribution in [0.4, 0.5) is 0 Å². The zero-order chi connectivity index (χ0) is 9.68. The maximum atomic E-state index is 11.0. The Labute approximate surface area is 73.3 Å². The van der Waals surface area contributed by atoms with Crippen molar-refractivity contribution >= 4 is 5.91 Å². The lowest BCUT2D eigenvalue weighted by Crippen LogP contribution is -2.24. The van der Waals surface area contributed by atoms with Gasteiger partial charge in [-0.2, -0.15) is 0 Å². The lowest BCUT2D eigenvalue weighted by Gasteiger charge is -1.99. The zero-order valence-electron chi connectivity index (χ0n) is 6.59. The number of hydrogen-bond donors (Lipinski definition) is 3. The minimum atomic E-state index is -0.561. The Morgan fingerprint density at radius 3 is 3.08 bits per heavy atom. The second-order valence-electron chi connectivity index (χ2n) is 2.08. The molecule has 0 saturated heterocycles. The van der Waals surface area contributed by atoms with Gasteiger partial charge >= 0.3 is 5.69 Å². The largest absolute Gasteiger partial charge is 0.323 e. The number of amides is 1. The first-order chi connectivity index (χ1) is 6.24. The molecular formula is C7H7N3O3. The average Bonchev–Trinajstić information content (AvgIpc) is 2.52. The fourth-order valence-corrected chi connectivity index (χ4v) is 0.653. The third kappa shape index (κ3) is 2.50. The molecule has 0 aliphatic rings. The van der Waals surface area contributed by atoms with Crippen molar-refractivity contribution in [2.75, 3.05) is 6.61 Å². The number of hydrogen-bond acceptors (Lipinski definition) is 3. The van der Waals surface area contributed by atoms with Crippen LogP contribution in [0.25, 0.3) is 0 Å². The first-order valence-electron chi connectivity index (χ1n) is 3.37. The summed E-state index contributed by atoms with van der Waals surface area (Å²) in [4.78, 5) is 30.7. The van der Waals surface area contributed by atoms with Crippen molar-refractivity contribution in [3.8, 4) is 12.3 Å². The van der Waals surface area contributed by atoms with Gasteiger partial charge < -0.3 is 9.97 Å². The quantitative estimate of drug-likeness (QED) is 0.317. The van der Waals surface area contributed by atoms with E-state index in [9.17, 15) is 9.59 Å². The predicted molar refractivity (Wildman–Crippen MR) is 43.7 cm³/mol. The molecule has 0 fully saturated rings. The molecule has 0 unspecified atom stereocenters. The highest BCUT2D eigenvalue weighted by atomic mass is 16.6. The van der Waals surface area contributed by atoms with Crippen LogP contribution >= 0.6 is 0 Å². The summed E-state index contributed by atoms with van der Waals surface area (Å²) >= 11 is 0. The molecule has 0 spiro atoms. The molecule has 0 aromatic carbocycles. The molecule has 0 saturated carbocycles. The first-order valence-corrected chi connectivity index (χ1v) is 3.37. The van der Waals surface area contributed by atoms with Gasteiger partial charge in [-0.1, -0.05) is 5.92 Å². The molecule has 0 atom stereocenters. The van der Waals surface area contributed by atoms with Gasteiger partial charge in [0.2, 0.25) is 0 Å². The molecule has 0 bridgehead atoms. The van der Waals surface area contributed by atoms with E-state index in [2.05, 4.69) is 20.7 Å². The normalized spacial score (nSPS) is 9.15. The molecule has 6 heteroatoms. The summed E-state index contributed by atoms with van der Waals surface area (Å²) in [6.07, 6.45) is 6.10. The highest BCUT2D eigenvalue weighted by Crippen LogP contribution is 1.86. The fourth-order valence-electron chi connectivity index (χ4n) is 0.653. The van der Waals surface area contributed by atoms with E-state index in [1.165, 1.54) is 6.20 Å². The number of aromatic nitrogens is 2. The van der Waals surface area contributed by atoms with Crippen molar-refractivity contribution in [1.82, 2.24) is 15.4 Å². The Hall–Kier alpha value is -2.00. The van der Waals surface area contributed by atoms with Crippen LogP contribution in [0.3, 0.4) is 0 Å². The predicted octanol–water partition coefficient (Wildman–Crippen LogP) is -1.00. The van der Waals surface area contributed by atoms with Crippen LogP contribution in [-0.2, 0) is 4.84 Å². The van der Waals surface area contributed by atoms with Crippen molar-refractivity contribution in [1.29, 1.82) is 0 Å². The van der Waals surface area contributed by atoms with E-state index < -0.39 is 11.6 Å². The Morgan fingerprint density at radius 1 is 1.77 bits per heavy atom. The lowest BCUT2D eigenvalue weighted by molar-refractivity contribution is 0.0433. The number of aromatic amines is 2. The average molecular weight is 181 g/mol. The highest BCUT2D eigenvalue weighted by molar-refractivity contribution is 5.91. The minimum absolute atomic E-state index is 0.0274. The fraction of sp³-hybridized carbons (Fsp3) is 0.143. The highest BCUT2D eigenvalue weighted by Gasteiger charge is 2.06. The van der Waals surface area contributed by atoms with Gasteiger partial charge in [-0.15, -0.1) is 6.42 Å².